The number of nitrogens with zero attached hydrogens (tertiary/aromatic N) is 1. The van der Waals surface area contributed by atoms with Gasteiger partial charge in [-0.1, -0.05) is 13.8 Å². The van der Waals surface area contributed by atoms with Crippen molar-refractivity contribution >= 4 is 5.91 Å². The predicted octanol–water partition coefficient (Wildman–Crippen LogP) is 2.02. The summed E-state index contributed by atoms with van der Waals surface area (Å²) in [5, 5.41) is 3.38. The molecule has 0 saturated heterocycles. The van der Waals surface area contributed by atoms with Crippen LogP contribution in [0.15, 0.2) is 0 Å². The highest BCUT2D eigenvalue weighted by Gasteiger charge is 2.60. The molecule has 2 fully saturated rings. The molecule has 2 rings (SSSR count). The molecule has 3 atom stereocenters. The third-order valence-electron chi connectivity index (χ3n) is 5.63. The fraction of sp³-hybridized carbons (Fsp3) is 0.933. The summed E-state index contributed by atoms with van der Waals surface area (Å²) in [7, 11) is 6.19. The number of likely N-dealkylation sites (N-methyl/N-ethyl adjacent to an activating group) is 1. The highest BCUT2D eigenvalue weighted by molar-refractivity contribution is 5.78. The van der Waals surface area contributed by atoms with Crippen LogP contribution in [0.3, 0.4) is 0 Å². The van der Waals surface area contributed by atoms with E-state index < -0.39 is 0 Å². The van der Waals surface area contributed by atoms with Gasteiger partial charge in [-0.3, -0.25) is 4.79 Å². The van der Waals surface area contributed by atoms with Gasteiger partial charge in [-0.2, -0.15) is 0 Å². The van der Waals surface area contributed by atoms with Crippen molar-refractivity contribution in [1.82, 2.24) is 5.32 Å². The molecule has 2 aliphatic rings. The van der Waals surface area contributed by atoms with E-state index in [1.807, 2.05) is 0 Å². The third-order valence-corrected chi connectivity index (χ3v) is 5.63. The molecule has 0 radical (unpaired) electrons. The number of quaternary nitrogens is 1. The van der Waals surface area contributed by atoms with E-state index in [1.54, 1.807) is 0 Å². The van der Waals surface area contributed by atoms with E-state index >= 15 is 0 Å². The molecule has 2 aliphatic carbocycles. The van der Waals surface area contributed by atoms with E-state index in [-0.39, 0.29) is 16.9 Å². The summed E-state index contributed by atoms with van der Waals surface area (Å²) < 4.78 is 0.691. The molecule has 0 aromatic heterocycles. The molecule has 0 aliphatic heterocycles. The van der Waals surface area contributed by atoms with Crippen LogP contribution in [0.5, 0.6) is 0 Å². The average molecular weight is 253 g/mol. The zero-order valence-corrected chi connectivity index (χ0v) is 12.8. The Kier molecular flexibility index (Phi) is 3.05. The van der Waals surface area contributed by atoms with Crippen molar-refractivity contribution in [3.8, 4) is 0 Å². The average Bonchev–Trinajstić information content (AvgIpc) is 2.66. The van der Waals surface area contributed by atoms with Gasteiger partial charge in [0.25, 0.3) is 5.91 Å². The van der Waals surface area contributed by atoms with Gasteiger partial charge >= 0.3 is 0 Å². The monoisotopic (exact) mass is 253 g/mol. The molecule has 1 amide bonds. The number of fused-ring (bicyclic) bond motifs is 2. The molecule has 0 aromatic rings. The number of hydrogen-bond donors (Lipinski definition) is 1. The van der Waals surface area contributed by atoms with Gasteiger partial charge in [0.2, 0.25) is 0 Å². The Hall–Kier alpha value is -0.570. The minimum Gasteiger partial charge on any atom is -0.345 e. The normalized spacial score (nSPS) is 37.9. The molecule has 2 bridgehead atoms. The fourth-order valence-electron chi connectivity index (χ4n) is 4.13. The van der Waals surface area contributed by atoms with Gasteiger partial charge in [0.05, 0.1) is 21.1 Å². The minimum absolute atomic E-state index is 0.0117. The van der Waals surface area contributed by atoms with Crippen LogP contribution in [-0.4, -0.2) is 43.6 Å². The summed E-state index contributed by atoms with van der Waals surface area (Å²) >= 11 is 0. The highest BCUT2D eigenvalue weighted by Crippen LogP contribution is 2.61. The molecule has 2 saturated carbocycles. The maximum atomic E-state index is 12.3. The van der Waals surface area contributed by atoms with Crippen molar-refractivity contribution in [1.29, 1.82) is 0 Å². The Labute approximate surface area is 112 Å². The quantitative estimate of drug-likeness (QED) is 0.766. The topological polar surface area (TPSA) is 29.1 Å². The lowest BCUT2D eigenvalue weighted by atomic mass is 9.64. The minimum atomic E-state index is -0.0117. The lowest BCUT2D eigenvalue weighted by molar-refractivity contribution is -0.862. The van der Waals surface area contributed by atoms with Crippen molar-refractivity contribution in [2.75, 3.05) is 27.7 Å². The zero-order valence-electron chi connectivity index (χ0n) is 12.8. The molecule has 1 N–H and O–H groups in total. The van der Waals surface area contributed by atoms with Gasteiger partial charge in [-0.05, 0) is 43.4 Å². The lowest BCUT2D eigenvalue weighted by Gasteiger charge is -2.48. The number of amides is 1. The van der Waals surface area contributed by atoms with Gasteiger partial charge in [-0.25, -0.2) is 0 Å². The SMILES string of the molecule is CC1(C)[C@@H]2CC[C@H](C2)[C@]1(C)NC(=O)C[N+](C)(C)C. The number of hydrogen-bond acceptors (Lipinski definition) is 1. The second-order valence-electron chi connectivity index (χ2n) is 8.13. The summed E-state index contributed by atoms with van der Waals surface area (Å²) in [6.07, 6.45) is 3.93. The van der Waals surface area contributed by atoms with Gasteiger partial charge in [0.15, 0.2) is 6.54 Å². The molecule has 0 spiro atoms. The first-order valence-electron chi connectivity index (χ1n) is 7.18. The Morgan fingerprint density at radius 3 is 2.17 bits per heavy atom. The molecule has 3 nitrogen and oxygen atoms in total. The first-order valence-corrected chi connectivity index (χ1v) is 7.18. The van der Waals surface area contributed by atoms with E-state index in [0.29, 0.717) is 16.9 Å². The number of carbonyl (C=O) groups is 1. The van der Waals surface area contributed by atoms with Crippen molar-refractivity contribution in [2.24, 2.45) is 17.3 Å². The maximum absolute atomic E-state index is 12.3. The van der Waals surface area contributed by atoms with Crippen LogP contribution in [0, 0.1) is 17.3 Å². The molecular formula is C15H29N2O+. The van der Waals surface area contributed by atoms with Crippen LogP contribution >= 0.6 is 0 Å². The smallest absolute Gasteiger partial charge is 0.275 e. The van der Waals surface area contributed by atoms with Crippen molar-refractivity contribution in [2.45, 2.75) is 45.6 Å². The molecule has 0 heterocycles. The first-order chi connectivity index (χ1) is 8.06. The number of rotatable bonds is 3. The lowest BCUT2D eigenvalue weighted by Crippen LogP contribution is -2.61. The van der Waals surface area contributed by atoms with Crippen molar-refractivity contribution in [3.05, 3.63) is 0 Å². The van der Waals surface area contributed by atoms with Crippen molar-refractivity contribution in [3.63, 3.8) is 0 Å². The van der Waals surface area contributed by atoms with Crippen LogP contribution in [0.1, 0.15) is 40.0 Å². The van der Waals surface area contributed by atoms with Crippen molar-refractivity contribution < 1.29 is 9.28 Å². The van der Waals surface area contributed by atoms with E-state index in [1.165, 1.54) is 19.3 Å². The van der Waals surface area contributed by atoms with E-state index in [9.17, 15) is 4.79 Å². The van der Waals surface area contributed by atoms with Gasteiger partial charge in [-0.15, -0.1) is 0 Å². The van der Waals surface area contributed by atoms with Crippen LogP contribution in [-0.2, 0) is 4.79 Å². The summed E-state index contributed by atoms with van der Waals surface area (Å²) in [6.45, 7) is 7.50. The van der Waals surface area contributed by atoms with Crippen LogP contribution < -0.4 is 5.32 Å². The third kappa shape index (κ3) is 2.07. The van der Waals surface area contributed by atoms with Crippen LogP contribution in [0.4, 0.5) is 0 Å². The molecule has 3 heteroatoms. The standard InChI is InChI=1S/C15H28N2O/c1-14(2)11-7-8-12(9-11)15(14,3)16-13(18)10-17(4,5)6/h11-12H,7-10H2,1-6H3/p+1/t11-,12-,15+/m1/s1. The molecule has 0 unspecified atom stereocenters. The van der Waals surface area contributed by atoms with E-state index in [4.69, 9.17) is 0 Å². The predicted molar refractivity (Wildman–Crippen MR) is 74.1 cm³/mol. The second kappa shape index (κ2) is 3.96. The Bertz CT molecular complexity index is 356. The van der Waals surface area contributed by atoms with E-state index in [0.717, 1.165) is 5.92 Å². The van der Waals surface area contributed by atoms with Crippen LogP contribution in [0.2, 0.25) is 0 Å². The summed E-state index contributed by atoms with van der Waals surface area (Å²) in [4.78, 5) is 12.3. The first kappa shape index (κ1) is 13.9. The molecule has 104 valence electrons. The Morgan fingerprint density at radius 2 is 1.72 bits per heavy atom. The summed E-state index contributed by atoms with van der Waals surface area (Å²) in [5.41, 5.74) is 0.221. The second-order valence-corrected chi connectivity index (χ2v) is 8.13. The van der Waals surface area contributed by atoms with E-state index in [2.05, 4.69) is 47.2 Å². The highest BCUT2D eigenvalue weighted by atomic mass is 16.2. The van der Waals surface area contributed by atoms with Crippen LogP contribution in [0.25, 0.3) is 0 Å². The largest absolute Gasteiger partial charge is 0.345 e. The maximum Gasteiger partial charge on any atom is 0.275 e. The Morgan fingerprint density at radius 1 is 1.17 bits per heavy atom. The molecular weight excluding hydrogens is 224 g/mol. The summed E-state index contributed by atoms with van der Waals surface area (Å²) in [6, 6.07) is 0. The zero-order chi connectivity index (χ0) is 13.8. The van der Waals surface area contributed by atoms with Gasteiger partial charge in [0, 0.05) is 5.54 Å². The molecule has 0 aromatic carbocycles. The fourth-order valence-corrected chi connectivity index (χ4v) is 4.13. The number of nitrogens with one attached hydrogen (secondary N) is 1. The Balaban J connectivity index is 2.10. The summed E-state index contributed by atoms with van der Waals surface area (Å²) in [5.74, 6) is 1.66. The van der Waals surface area contributed by atoms with Gasteiger partial charge < -0.3 is 9.80 Å². The van der Waals surface area contributed by atoms with Gasteiger partial charge in [0.1, 0.15) is 0 Å². The number of carbonyl (C=O) groups excluding carboxylic acids is 1. The molecule has 18 heavy (non-hydrogen) atoms.